The standard InChI is InChI=1S/C25H28N4O4/c1-25(2,3)22-15-33-21(14-29(22)24(31)32)17-9-11-18(12-10-17)26-23(30)20-13-19(27-28-20)16-7-5-4-6-8-16/h4-13,21-22H,14-15H2,1-3H3,(H,26,30)(H,27,28)(H,31,32). The topological polar surface area (TPSA) is 108 Å². The van der Waals surface area contributed by atoms with Crippen molar-refractivity contribution >= 4 is 17.7 Å². The van der Waals surface area contributed by atoms with E-state index in [9.17, 15) is 14.7 Å². The first-order chi connectivity index (χ1) is 15.7. The lowest BCUT2D eigenvalue weighted by atomic mass is 9.85. The molecule has 0 saturated carbocycles. The number of hydrogen-bond donors (Lipinski definition) is 3. The van der Waals surface area contributed by atoms with Gasteiger partial charge >= 0.3 is 6.09 Å². The molecule has 2 heterocycles. The minimum Gasteiger partial charge on any atom is -0.465 e. The minimum atomic E-state index is -0.943. The molecule has 8 heteroatoms. The molecule has 2 aromatic carbocycles. The van der Waals surface area contributed by atoms with E-state index in [1.807, 2.05) is 63.2 Å². The third-order valence-corrected chi connectivity index (χ3v) is 5.87. The monoisotopic (exact) mass is 448 g/mol. The highest BCUT2D eigenvalue weighted by Gasteiger charge is 2.39. The third-order valence-electron chi connectivity index (χ3n) is 5.87. The summed E-state index contributed by atoms with van der Waals surface area (Å²) in [6, 6.07) is 18.4. The molecule has 2 unspecified atom stereocenters. The molecule has 1 fully saturated rings. The van der Waals surface area contributed by atoms with Crippen molar-refractivity contribution < 1.29 is 19.4 Å². The summed E-state index contributed by atoms with van der Waals surface area (Å²) in [5.41, 5.74) is 3.25. The molecule has 172 valence electrons. The second kappa shape index (κ2) is 9.07. The van der Waals surface area contributed by atoms with Gasteiger partial charge in [-0.1, -0.05) is 63.2 Å². The van der Waals surface area contributed by atoms with Crippen LogP contribution in [0.2, 0.25) is 0 Å². The summed E-state index contributed by atoms with van der Waals surface area (Å²) in [6.45, 7) is 6.63. The highest BCUT2D eigenvalue weighted by molar-refractivity contribution is 6.03. The van der Waals surface area contributed by atoms with E-state index in [0.717, 1.165) is 11.1 Å². The number of aromatic nitrogens is 2. The highest BCUT2D eigenvalue weighted by atomic mass is 16.5. The first-order valence-corrected chi connectivity index (χ1v) is 10.9. The Kier molecular flexibility index (Phi) is 6.20. The van der Waals surface area contributed by atoms with E-state index in [-0.39, 0.29) is 30.0 Å². The molecule has 1 aromatic heterocycles. The van der Waals surface area contributed by atoms with Crippen molar-refractivity contribution in [1.29, 1.82) is 0 Å². The third kappa shape index (κ3) is 5.06. The van der Waals surface area contributed by atoms with Gasteiger partial charge in [-0.15, -0.1) is 0 Å². The summed E-state index contributed by atoms with van der Waals surface area (Å²) in [4.78, 5) is 25.9. The van der Waals surface area contributed by atoms with Gasteiger partial charge in [-0.25, -0.2) is 4.79 Å². The Morgan fingerprint density at radius 2 is 1.82 bits per heavy atom. The number of anilines is 1. The van der Waals surface area contributed by atoms with Crippen LogP contribution < -0.4 is 5.32 Å². The van der Waals surface area contributed by atoms with Gasteiger partial charge in [0.05, 0.1) is 24.9 Å². The van der Waals surface area contributed by atoms with Crippen LogP contribution in [-0.4, -0.2) is 51.4 Å². The number of amides is 2. The SMILES string of the molecule is CC(C)(C)C1COC(c2ccc(NC(=O)c3cc(-c4ccccc4)n[nH]3)cc2)CN1C(=O)O. The van der Waals surface area contributed by atoms with E-state index in [2.05, 4.69) is 15.5 Å². The molecule has 1 saturated heterocycles. The number of morpholine rings is 1. The molecule has 0 aliphatic carbocycles. The van der Waals surface area contributed by atoms with E-state index in [1.54, 1.807) is 18.2 Å². The summed E-state index contributed by atoms with van der Waals surface area (Å²) < 4.78 is 6.01. The van der Waals surface area contributed by atoms with E-state index in [4.69, 9.17) is 4.74 Å². The Morgan fingerprint density at radius 3 is 2.45 bits per heavy atom. The summed E-state index contributed by atoms with van der Waals surface area (Å²) >= 11 is 0. The number of carboxylic acid groups (broad SMARTS) is 1. The van der Waals surface area contributed by atoms with Crippen LogP contribution in [0.4, 0.5) is 10.5 Å². The predicted molar refractivity (Wildman–Crippen MR) is 125 cm³/mol. The molecular formula is C25H28N4O4. The number of rotatable bonds is 4. The second-order valence-corrected chi connectivity index (χ2v) is 9.25. The number of H-pyrrole nitrogens is 1. The largest absolute Gasteiger partial charge is 0.465 e. The Bertz CT molecular complexity index is 1120. The number of benzene rings is 2. The number of aromatic amines is 1. The fraction of sp³-hybridized carbons (Fsp3) is 0.320. The van der Waals surface area contributed by atoms with Gasteiger partial charge in [0.1, 0.15) is 11.8 Å². The van der Waals surface area contributed by atoms with Gasteiger partial charge < -0.3 is 15.2 Å². The van der Waals surface area contributed by atoms with Crippen LogP contribution in [-0.2, 0) is 4.74 Å². The normalized spacial score (nSPS) is 18.7. The van der Waals surface area contributed by atoms with Crippen molar-refractivity contribution in [2.24, 2.45) is 5.41 Å². The fourth-order valence-corrected chi connectivity index (χ4v) is 3.96. The van der Waals surface area contributed by atoms with Crippen LogP contribution in [0, 0.1) is 5.41 Å². The van der Waals surface area contributed by atoms with Gasteiger partial charge in [0.15, 0.2) is 0 Å². The van der Waals surface area contributed by atoms with Gasteiger partial charge in [-0.2, -0.15) is 5.10 Å². The zero-order valence-electron chi connectivity index (χ0n) is 18.9. The summed E-state index contributed by atoms with van der Waals surface area (Å²) in [5.74, 6) is -0.295. The van der Waals surface area contributed by atoms with Gasteiger partial charge in [-0.3, -0.25) is 14.8 Å². The smallest absolute Gasteiger partial charge is 0.407 e. The van der Waals surface area contributed by atoms with Crippen LogP contribution in [0.25, 0.3) is 11.3 Å². The van der Waals surface area contributed by atoms with Gasteiger partial charge in [0.2, 0.25) is 0 Å². The van der Waals surface area contributed by atoms with Crippen molar-refractivity contribution in [3.05, 3.63) is 71.9 Å². The maximum Gasteiger partial charge on any atom is 0.407 e. The molecule has 0 radical (unpaired) electrons. The number of carbonyl (C=O) groups is 2. The van der Waals surface area contributed by atoms with Gasteiger partial charge in [-0.05, 0) is 29.2 Å². The molecule has 0 bridgehead atoms. The quantitative estimate of drug-likeness (QED) is 0.532. The van der Waals surface area contributed by atoms with Crippen molar-refractivity contribution in [2.45, 2.75) is 32.9 Å². The Balaban J connectivity index is 1.41. The Labute approximate surface area is 192 Å². The van der Waals surface area contributed by atoms with Crippen LogP contribution in [0.1, 0.15) is 42.9 Å². The second-order valence-electron chi connectivity index (χ2n) is 9.25. The van der Waals surface area contributed by atoms with Crippen molar-refractivity contribution in [2.75, 3.05) is 18.5 Å². The summed E-state index contributed by atoms with van der Waals surface area (Å²) in [5, 5.41) is 19.5. The lowest BCUT2D eigenvalue weighted by molar-refractivity contribution is -0.0836. The molecule has 33 heavy (non-hydrogen) atoms. The zero-order valence-corrected chi connectivity index (χ0v) is 18.9. The number of carbonyl (C=O) groups excluding carboxylic acids is 1. The number of nitrogens with zero attached hydrogens (tertiary/aromatic N) is 2. The average Bonchev–Trinajstić information content (AvgIpc) is 3.30. The molecule has 3 N–H and O–H groups in total. The average molecular weight is 449 g/mol. The molecule has 8 nitrogen and oxygen atoms in total. The fourth-order valence-electron chi connectivity index (χ4n) is 3.96. The van der Waals surface area contributed by atoms with Gasteiger partial charge in [0.25, 0.3) is 5.91 Å². The molecule has 2 amide bonds. The zero-order chi connectivity index (χ0) is 23.6. The minimum absolute atomic E-state index is 0.208. The predicted octanol–water partition coefficient (Wildman–Crippen LogP) is 4.80. The van der Waals surface area contributed by atoms with Crippen LogP contribution >= 0.6 is 0 Å². The first kappa shape index (κ1) is 22.5. The lowest BCUT2D eigenvalue weighted by Crippen LogP contribution is -2.54. The summed E-state index contributed by atoms with van der Waals surface area (Å²) in [7, 11) is 0. The number of hydrogen-bond acceptors (Lipinski definition) is 4. The number of ether oxygens (including phenoxy) is 1. The Morgan fingerprint density at radius 1 is 1.12 bits per heavy atom. The van der Waals surface area contributed by atoms with Crippen LogP contribution in [0.3, 0.4) is 0 Å². The van der Waals surface area contributed by atoms with Crippen LogP contribution in [0.5, 0.6) is 0 Å². The molecule has 3 aromatic rings. The molecule has 2 atom stereocenters. The number of nitrogens with one attached hydrogen (secondary N) is 2. The summed E-state index contributed by atoms with van der Waals surface area (Å²) in [6.07, 6.45) is -1.30. The molecule has 1 aliphatic heterocycles. The molecule has 1 aliphatic rings. The van der Waals surface area contributed by atoms with Crippen molar-refractivity contribution in [3.8, 4) is 11.3 Å². The Hall–Kier alpha value is -3.65. The van der Waals surface area contributed by atoms with E-state index in [0.29, 0.717) is 23.7 Å². The maximum atomic E-state index is 12.6. The maximum absolute atomic E-state index is 12.6. The first-order valence-electron chi connectivity index (χ1n) is 10.9. The lowest BCUT2D eigenvalue weighted by Gasteiger charge is -2.44. The van der Waals surface area contributed by atoms with Crippen molar-refractivity contribution in [1.82, 2.24) is 15.1 Å². The van der Waals surface area contributed by atoms with Crippen molar-refractivity contribution in [3.63, 3.8) is 0 Å². The van der Waals surface area contributed by atoms with E-state index in [1.165, 1.54) is 4.90 Å². The van der Waals surface area contributed by atoms with E-state index < -0.39 is 6.09 Å². The van der Waals surface area contributed by atoms with E-state index >= 15 is 0 Å². The highest BCUT2D eigenvalue weighted by Crippen LogP contribution is 2.33. The van der Waals surface area contributed by atoms with Crippen LogP contribution in [0.15, 0.2) is 60.7 Å². The molecule has 0 spiro atoms. The molecule has 4 rings (SSSR count). The van der Waals surface area contributed by atoms with Gasteiger partial charge in [0, 0.05) is 11.3 Å². The molecular weight excluding hydrogens is 420 g/mol.